The third-order valence-corrected chi connectivity index (χ3v) is 5.51. The number of aryl methyl sites for hydroxylation is 2. The van der Waals surface area contributed by atoms with Crippen LogP contribution in [-0.4, -0.2) is 48.1 Å². The highest BCUT2D eigenvalue weighted by atomic mass is 32.2. The highest BCUT2D eigenvalue weighted by Crippen LogP contribution is 2.24. The van der Waals surface area contributed by atoms with Gasteiger partial charge in [-0.2, -0.15) is 4.98 Å². The lowest BCUT2D eigenvalue weighted by Gasteiger charge is -2.16. The molecule has 1 aliphatic carbocycles. The Hall–Kier alpha value is -2.42. The van der Waals surface area contributed by atoms with Crippen LogP contribution < -0.4 is 4.72 Å². The van der Waals surface area contributed by atoms with Gasteiger partial charge in [-0.25, -0.2) is 17.8 Å². The lowest BCUT2D eigenvalue weighted by molar-refractivity contribution is -0.129. The summed E-state index contributed by atoms with van der Waals surface area (Å²) in [6, 6.07) is 5.22. The minimum atomic E-state index is -3.76. The van der Waals surface area contributed by atoms with Gasteiger partial charge < -0.3 is 4.90 Å². The number of nitrogens with one attached hydrogen (secondary N) is 1. The summed E-state index contributed by atoms with van der Waals surface area (Å²) >= 11 is 0. The average molecular weight is 363 g/mol. The average Bonchev–Trinajstić information content (AvgIpc) is 3.00. The molecular formula is C16H21N5O3S. The maximum atomic E-state index is 12.6. The van der Waals surface area contributed by atoms with Crippen LogP contribution in [-0.2, 0) is 34.2 Å². The van der Waals surface area contributed by atoms with E-state index in [0.717, 1.165) is 31.2 Å². The van der Waals surface area contributed by atoms with Gasteiger partial charge in [0.1, 0.15) is 12.9 Å². The Morgan fingerprint density at radius 1 is 1.24 bits per heavy atom. The highest BCUT2D eigenvalue weighted by molar-refractivity contribution is 7.92. The molecule has 1 aliphatic rings. The van der Waals surface area contributed by atoms with Crippen LogP contribution in [0.1, 0.15) is 24.0 Å². The fraction of sp³-hybridized carbons (Fsp3) is 0.438. The molecule has 1 N–H and O–H groups in total. The molecule has 0 spiro atoms. The SMILES string of the molecule is CN(C)C(=O)Cn1cnc(NS(=O)(=O)c2ccc3c(c2)CCCC3)n1. The van der Waals surface area contributed by atoms with Gasteiger partial charge in [0.15, 0.2) is 0 Å². The van der Waals surface area contributed by atoms with E-state index >= 15 is 0 Å². The number of fused-ring (bicyclic) bond motifs is 1. The van der Waals surface area contributed by atoms with Crippen molar-refractivity contribution >= 4 is 21.9 Å². The number of rotatable bonds is 5. The molecule has 0 radical (unpaired) electrons. The number of nitrogens with zero attached hydrogens (tertiary/aromatic N) is 4. The molecule has 1 heterocycles. The van der Waals surface area contributed by atoms with Gasteiger partial charge in [-0.3, -0.25) is 4.79 Å². The van der Waals surface area contributed by atoms with Crippen molar-refractivity contribution in [1.29, 1.82) is 0 Å². The molecule has 0 bridgehead atoms. The number of hydrogen-bond donors (Lipinski definition) is 1. The molecule has 0 aliphatic heterocycles. The maximum Gasteiger partial charge on any atom is 0.264 e. The van der Waals surface area contributed by atoms with E-state index in [1.165, 1.54) is 21.5 Å². The van der Waals surface area contributed by atoms with E-state index in [-0.39, 0.29) is 23.3 Å². The zero-order valence-electron chi connectivity index (χ0n) is 14.3. The van der Waals surface area contributed by atoms with Crippen LogP contribution in [0.25, 0.3) is 0 Å². The third-order valence-electron chi connectivity index (χ3n) is 4.19. The Kier molecular flexibility index (Phi) is 4.76. The summed E-state index contributed by atoms with van der Waals surface area (Å²) in [7, 11) is -0.486. The van der Waals surface area contributed by atoms with Gasteiger partial charge in [0.2, 0.25) is 5.91 Å². The molecule has 0 atom stereocenters. The van der Waals surface area contributed by atoms with E-state index in [9.17, 15) is 13.2 Å². The van der Waals surface area contributed by atoms with Crippen molar-refractivity contribution in [3.05, 3.63) is 35.7 Å². The lowest BCUT2D eigenvalue weighted by atomic mass is 9.92. The number of sulfonamides is 1. The van der Waals surface area contributed by atoms with E-state index in [1.54, 1.807) is 26.2 Å². The monoisotopic (exact) mass is 363 g/mol. The minimum Gasteiger partial charge on any atom is -0.347 e. The molecule has 2 aromatic rings. The molecule has 9 heteroatoms. The summed E-state index contributed by atoms with van der Waals surface area (Å²) in [5.41, 5.74) is 2.30. The van der Waals surface area contributed by atoms with E-state index in [0.29, 0.717) is 0 Å². The van der Waals surface area contributed by atoms with E-state index in [2.05, 4.69) is 14.8 Å². The van der Waals surface area contributed by atoms with Gasteiger partial charge in [-0.15, -0.1) is 5.10 Å². The molecule has 134 valence electrons. The Bertz CT molecular complexity index is 889. The van der Waals surface area contributed by atoms with Crippen LogP contribution >= 0.6 is 0 Å². The normalized spacial score (nSPS) is 14.0. The Balaban J connectivity index is 1.76. The van der Waals surface area contributed by atoms with Gasteiger partial charge >= 0.3 is 0 Å². The summed E-state index contributed by atoms with van der Waals surface area (Å²) in [5.74, 6) is -0.210. The molecule has 0 unspecified atom stereocenters. The Labute approximate surface area is 146 Å². The number of hydrogen-bond acceptors (Lipinski definition) is 5. The number of carbonyl (C=O) groups excluding carboxylic acids is 1. The van der Waals surface area contributed by atoms with Crippen LogP contribution in [0, 0.1) is 0 Å². The predicted molar refractivity (Wildman–Crippen MR) is 92.6 cm³/mol. The van der Waals surface area contributed by atoms with Crippen molar-refractivity contribution in [3.8, 4) is 0 Å². The first kappa shape index (κ1) is 17.4. The van der Waals surface area contributed by atoms with Gasteiger partial charge in [-0.1, -0.05) is 6.07 Å². The van der Waals surface area contributed by atoms with Crippen molar-refractivity contribution < 1.29 is 13.2 Å². The summed E-state index contributed by atoms with van der Waals surface area (Å²) in [5, 5.41) is 4.00. The standard InChI is InChI=1S/C16H21N5O3S/c1-20(2)15(22)10-21-11-17-16(18-21)19-25(23,24)14-8-7-12-5-3-4-6-13(12)9-14/h7-9,11H,3-6,10H2,1-2H3,(H,18,19). The number of aromatic nitrogens is 3. The second kappa shape index (κ2) is 6.83. The quantitative estimate of drug-likeness (QED) is 0.856. The number of amides is 1. The number of carbonyl (C=O) groups is 1. The van der Waals surface area contributed by atoms with Crippen LogP contribution in [0.5, 0.6) is 0 Å². The first-order chi connectivity index (χ1) is 11.8. The Morgan fingerprint density at radius 3 is 2.68 bits per heavy atom. The number of benzene rings is 1. The molecular weight excluding hydrogens is 342 g/mol. The van der Waals surface area contributed by atoms with E-state index in [1.807, 2.05) is 6.07 Å². The summed E-state index contributed by atoms with van der Waals surface area (Å²) < 4.78 is 28.8. The molecule has 1 aromatic carbocycles. The molecule has 0 saturated carbocycles. The van der Waals surface area contributed by atoms with Gasteiger partial charge in [0.05, 0.1) is 4.90 Å². The summed E-state index contributed by atoms with van der Waals surface area (Å²) in [6.45, 7) is 0.000568. The van der Waals surface area contributed by atoms with Crippen LogP contribution in [0.3, 0.4) is 0 Å². The molecule has 0 fully saturated rings. The van der Waals surface area contributed by atoms with Gasteiger partial charge in [0.25, 0.3) is 16.0 Å². The highest BCUT2D eigenvalue weighted by Gasteiger charge is 2.19. The molecule has 3 rings (SSSR count). The van der Waals surface area contributed by atoms with Crippen LogP contribution in [0.4, 0.5) is 5.95 Å². The van der Waals surface area contributed by atoms with Crippen LogP contribution in [0.15, 0.2) is 29.4 Å². The zero-order valence-corrected chi connectivity index (χ0v) is 15.1. The third kappa shape index (κ3) is 3.98. The van der Waals surface area contributed by atoms with Crippen molar-refractivity contribution in [2.75, 3.05) is 18.8 Å². The molecule has 1 amide bonds. The van der Waals surface area contributed by atoms with E-state index in [4.69, 9.17) is 0 Å². The minimum absolute atomic E-state index is 0.000568. The lowest BCUT2D eigenvalue weighted by Crippen LogP contribution is -2.26. The van der Waals surface area contributed by atoms with Crippen molar-refractivity contribution in [2.45, 2.75) is 37.1 Å². The van der Waals surface area contributed by atoms with Gasteiger partial charge in [0, 0.05) is 14.1 Å². The van der Waals surface area contributed by atoms with Crippen molar-refractivity contribution in [1.82, 2.24) is 19.7 Å². The fourth-order valence-corrected chi connectivity index (χ4v) is 3.75. The summed E-state index contributed by atoms with van der Waals surface area (Å²) in [4.78, 5) is 17.2. The van der Waals surface area contributed by atoms with Gasteiger partial charge in [-0.05, 0) is 48.9 Å². The number of anilines is 1. The second-order valence-corrected chi connectivity index (χ2v) is 7.98. The topological polar surface area (TPSA) is 97.2 Å². The van der Waals surface area contributed by atoms with Crippen molar-refractivity contribution in [3.63, 3.8) is 0 Å². The summed E-state index contributed by atoms with van der Waals surface area (Å²) in [6.07, 6.45) is 5.44. The fourth-order valence-electron chi connectivity index (χ4n) is 2.75. The molecule has 1 aromatic heterocycles. The number of likely N-dealkylation sites (N-methyl/N-ethyl adjacent to an activating group) is 1. The predicted octanol–water partition coefficient (Wildman–Crippen LogP) is 1.05. The second-order valence-electron chi connectivity index (χ2n) is 6.30. The first-order valence-electron chi connectivity index (χ1n) is 8.09. The molecule has 25 heavy (non-hydrogen) atoms. The molecule has 8 nitrogen and oxygen atoms in total. The van der Waals surface area contributed by atoms with Crippen LogP contribution in [0.2, 0.25) is 0 Å². The largest absolute Gasteiger partial charge is 0.347 e. The maximum absolute atomic E-state index is 12.6. The zero-order chi connectivity index (χ0) is 18.0. The smallest absolute Gasteiger partial charge is 0.264 e. The Morgan fingerprint density at radius 2 is 1.96 bits per heavy atom. The molecule has 0 saturated heterocycles. The van der Waals surface area contributed by atoms with E-state index < -0.39 is 10.0 Å². The first-order valence-corrected chi connectivity index (χ1v) is 9.58. The van der Waals surface area contributed by atoms with Crippen molar-refractivity contribution in [2.24, 2.45) is 0 Å².